The largest absolute Gasteiger partial charge is 0.342 e. The van der Waals surface area contributed by atoms with Crippen LogP contribution in [0.15, 0.2) is 0 Å². The number of carbonyl (C=O) groups excluding carboxylic acids is 1. The van der Waals surface area contributed by atoms with Gasteiger partial charge in [0.05, 0.1) is 6.54 Å². The van der Waals surface area contributed by atoms with Gasteiger partial charge in [0.2, 0.25) is 5.91 Å². The van der Waals surface area contributed by atoms with E-state index in [-0.39, 0.29) is 12.5 Å². The number of likely N-dealkylation sites (N-methyl/N-ethyl adjacent to an activating group) is 1. The van der Waals surface area contributed by atoms with Crippen LogP contribution in [0, 0.1) is 5.92 Å². The van der Waals surface area contributed by atoms with Crippen LogP contribution in [0.25, 0.3) is 0 Å². The maximum Gasteiger partial charge on any atom is 0.236 e. The molecule has 2 aliphatic heterocycles. The van der Waals surface area contributed by atoms with Crippen LogP contribution < -0.4 is 5.73 Å². The van der Waals surface area contributed by atoms with Crippen LogP contribution in [-0.4, -0.2) is 80.0 Å². The fourth-order valence-electron chi connectivity index (χ4n) is 2.89. The standard InChI is InChI=1S/C13H26N4O/c1-15-6-8-16(9-7-15)11-12-2-4-17(5-3-12)13(18)10-14/h12H,2-11,14H2,1H3. The van der Waals surface area contributed by atoms with Crippen molar-refractivity contribution in [3.63, 3.8) is 0 Å². The molecule has 0 aliphatic carbocycles. The van der Waals surface area contributed by atoms with Crippen molar-refractivity contribution >= 4 is 5.91 Å². The summed E-state index contributed by atoms with van der Waals surface area (Å²) in [7, 11) is 2.19. The van der Waals surface area contributed by atoms with E-state index >= 15 is 0 Å². The summed E-state index contributed by atoms with van der Waals surface area (Å²) >= 11 is 0. The fourth-order valence-corrected chi connectivity index (χ4v) is 2.89. The molecule has 0 bridgehead atoms. The first kappa shape index (κ1) is 13.8. The van der Waals surface area contributed by atoms with Gasteiger partial charge in [-0.2, -0.15) is 0 Å². The van der Waals surface area contributed by atoms with Crippen LogP contribution in [0.2, 0.25) is 0 Å². The molecule has 5 heteroatoms. The highest BCUT2D eigenvalue weighted by Crippen LogP contribution is 2.19. The van der Waals surface area contributed by atoms with E-state index in [1.54, 1.807) is 0 Å². The van der Waals surface area contributed by atoms with Gasteiger partial charge in [-0.05, 0) is 25.8 Å². The Morgan fingerprint density at radius 3 is 2.28 bits per heavy atom. The molecule has 2 saturated heterocycles. The molecule has 104 valence electrons. The summed E-state index contributed by atoms with van der Waals surface area (Å²) in [6.45, 7) is 7.91. The van der Waals surface area contributed by atoms with Crippen molar-refractivity contribution in [2.24, 2.45) is 11.7 Å². The van der Waals surface area contributed by atoms with E-state index in [0.717, 1.165) is 31.8 Å². The molecule has 0 aromatic carbocycles. The Morgan fingerprint density at radius 2 is 1.72 bits per heavy atom. The van der Waals surface area contributed by atoms with Gasteiger partial charge in [0.1, 0.15) is 0 Å². The SMILES string of the molecule is CN1CCN(CC2CCN(C(=O)CN)CC2)CC1. The van der Waals surface area contributed by atoms with Crippen LogP contribution in [-0.2, 0) is 4.79 Å². The first-order chi connectivity index (χ1) is 8.69. The van der Waals surface area contributed by atoms with Crippen molar-refractivity contribution < 1.29 is 4.79 Å². The highest BCUT2D eigenvalue weighted by atomic mass is 16.2. The van der Waals surface area contributed by atoms with Gasteiger partial charge in [0.25, 0.3) is 0 Å². The number of nitrogens with zero attached hydrogens (tertiary/aromatic N) is 3. The van der Waals surface area contributed by atoms with Gasteiger partial charge in [-0.25, -0.2) is 0 Å². The highest BCUT2D eigenvalue weighted by Gasteiger charge is 2.24. The summed E-state index contributed by atoms with van der Waals surface area (Å²) in [5.74, 6) is 0.864. The molecule has 1 amide bonds. The number of hydrogen-bond acceptors (Lipinski definition) is 4. The third-order valence-corrected chi connectivity index (χ3v) is 4.25. The predicted octanol–water partition coefficient (Wildman–Crippen LogP) is -0.569. The minimum absolute atomic E-state index is 0.105. The number of rotatable bonds is 3. The zero-order chi connectivity index (χ0) is 13.0. The topological polar surface area (TPSA) is 52.8 Å². The Kier molecular flexibility index (Phi) is 4.97. The highest BCUT2D eigenvalue weighted by molar-refractivity contribution is 5.78. The monoisotopic (exact) mass is 254 g/mol. The summed E-state index contributed by atoms with van der Waals surface area (Å²) in [5.41, 5.74) is 5.40. The van der Waals surface area contributed by atoms with Crippen LogP contribution in [0.3, 0.4) is 0 Å². The zero-order valence-electron chi connectivity index (χ0n) is 11.5. The van der Waals surface area contributed by atoms with E-state index < -0.39 is 0 Å². The molecule has 0 saturated carbocycles. The summed E-state index contributed by atoms with van der Waals surface area (Å²) in [5, 5.41) is 0. The quantitative estimate of drug-likeness (QED) is 0.733. The molecule has 0 atom stereocenters. The Labute approximate surface area is 110 Å². The number of amides is 1. The Morgan fingerprint density at radius 1 is 1.11 bits per heavy atom. The molecule has 2 fully saturated rings. The summed E-state index contributed by atoms with van der Waals surface area (Å²) in [4.78, 5) is 18.4. The Bertz CT molecular complexity index is 268. The minimum Gasteiger partial charge on any atom is -0.342 e. The van der Waals surface area contributed by atoms with E-state index in [4.69, 9.17) is 5.73 Å². The minimum atomic E-state index is 0.105. The number of likely N-dealkylation sites (tertiary alicyclic amines) is 1. The average Bonchev–Trinajstić information content (AvgIpc) is 2.41. The van der Waals surface area contributed by atoms with Crippen molar-refractivity contribution in [1.82, 2.24) is 14.7 Å². The predicted molar refractivity (Wildman–Crippen MR) is 72.3 cm³/mol. The average molecular weight is 254 g/mol. The molecule has 0 aromatic heterocycles. The first-order valence-corrected chi connectivity index (χ1v) is 7.08. The maximum atomic E-state index is 11.5. The van der Waals surface area contributed by atoms with Gasteiger partial charge in [-0.1, -0.05) is 0 Å². The second-order valence-electron chi connectivity index (χ2n) is 5.63. The van der Waals surface area contributed by atoms with Crippen LogP contribution in [0.4, 0.5) is 0 Å². The van der Waals surface area contributed by atoms with Crippen molar-refractivity contribution in [3.8, 4) is 0 Å². The third kappa shape index (κ3) is 3.67. The molecular formula is C13H26N4O. The van der Waals surface area contributed by atoms with Crippen molar-refractivity contribution in [2.75, 3.05) is 59.4 Å². The van der Waals surface area contributed by atoms with Gasteiger partial charge in [-0.3, -0.25) is 4.79 Å². The van der Waals surface area contributed by atoms with E-state index in [1.807, 2.05) is 4.90 Å². The molecule has 0 aromatic rings. The zero-order valence-corrected chi connectivity index (χ0v) is 11.5. The smallest absolute Gasteiger partial charge is 0.236 e. The number of hydrogen-bond donors (Lipinski definition) is 1. The van der Waals surface area contributed by atoms with Gasteiger partial charge < -0.3 is 20.4 Å². The number of carbonyl (C=O) groups is 1. The lowest BCUT2D eigenvalue weighted by Crippen LogP contribution is -2.48. The van der Waals surface area contributed by atoms with Crippen LogP contribution >= 0.6 is 0 Å². The van der Waals surface area contributed by atoms with E-state index in [0.29, 0.717) is 0 Å². The molecule has 0 radical (unpaired) electrons. The lowest BCUT2D eigenvalue weighted by Gasteiger charge is -2.37. The maximum absolute atomic E-state index is 11.5. The summed E-state index contributed by atoms with van der Waals surface area (Å²) in [6.07, 6.45) is 2.27. The van der Waals surface area contributed by atoms with Crippen molar-refractivity contribution in [3.05, 3.63) is 0 Å². The Balaban J connectivity index is 1.69. The normalized spacial score (nSPS) is 24.4. The van der Waals surface area contributed by atoms with Gasteiger partial charge in [0.15, 0.2) is 0 Å². The molecule has 0 unspecified atom stereocenters. The second kappa shape index (κ2) is 6.50. The first-order valence-electron chi connectivity index (χ1n) is 7.08. The van der Waals surface area contributed by atoms with Gasteiger partial charge >= 0.3 is 0 Å². The molecule has 5 nitrogen and oxygen atoms in total. The molecule has 2 rings (SSSR count). The van der Waals surface area contributed by atoms with Crippen molar-refractivity contribution in [1.29, 1.82) is 0 Å². The summed E-state index contributed by atoms with van der Waals surface area (Å²) < 4.78 is 0. The molecule has 18 heavy (non-hydrogen) atoms. The molecule has 0 spiro atoms. The molecule has 2 N–H and O–H groups in total. The van der Waals surface area contributed by atoms with Gasteiger partial charge in [0, 0.05) is 45.8 Å². The number of nitrogens with two attached hydrogens (primary N) is 1. The van der Waals surface area contributed by atoms with Crippen molar-refractivity contribution in [2.45, 2.75) is 12.8 Å². The lowest BCUT2D eigenvalue weighted by atomic mass is 9.96. The van der Waals surface area contributed by atoms with Crippen LogP contribution in [0.1, 0.15) is 12.8 Å². The molecule has 2 heterocycles. The fraction of sp³-hybridized carbons (Fsp3) is 0.923. The lowest BCUT2D eigenvalue weighted by molar-refractivity contribution is -0.131. The molecule has 2 aliphatic rings. The Hall–Kier alpha value is -0.650. The summed E-state index contributed by atoms with van der Waals surface area (Å²) in [6, 6.07) is 0. The number of piperazine rings is 1. The third-order valence-electron chi connectivity index (χ3n) is 4.25. The number of piperidine rings is 1. The second-order valence-corrected chi connectivity index (χ2v) is 5.63. The van der Waals surface area contributed by atoms with E-state index in [1.165, 1.54) is 32.7 Å². The van der Waals surface area contributed by atoms with Gasteiger partial charge in [-0.15, -0.1) is 0 Å². The van der Waals surface area contributed by atoms with E-state index in [2.05, 4.69) is 16.8 Å². The van der Waals surface area contributed by atoms with E-state index in [9.17, 15) is 4.79 Å². The van der Waals surface area contributed by atoms with Crippen LogP contribution in [0.5, 0.6) is 0 Å². The molecular weight excluding hydrogens is 228 g/mol.